The van der Waals surface area contributed by atoms with Crippen LogP contribution < -0.4 is 19.5 Å². The summed E-state index contributed by atoms with van der Waals surface area (Å²) in [6.45, 7) is 4.94. The normalized spacial score (nSPS) is 11.1. The minimum Gasteiger partial charge on any atom is -0.493 e. The lowest BCUT2D eigenvalue weighted by molar-refractivity contribution is 0.103. The molecule has 2 aromatic rings. The maximum atomic E-state index is 12.9. The Kier molecular flexibility index (Phi) is 7.93. The molecule has 0 fully saturated rings. The SMILES string of the molecule is CCCCNc1ccc(/C=C(\C)C(=O)c2cc(OC)c(OC)c(OC)c2)cc1. The van der Waals surface area contributed by atoms with E-state index in [2.05, 4.69) is 12.2 Å². The summed E-state index contributed by atoms with van der Waals surface area (Å²) >= 11 is 0. The number of carbonyl (C=O) groups is 1. The lowest BCUT2D eigenvalue weighted by atomic mass is 10.0. The summed E-state index contributed by atoms with van der Waals surface area (Å²) in [5.41, 5.74) is 3.17. The van der Waals surface area contributed by atoms with Gasteiger partial charge < -0.3 is 19.5 Å². The van der Waals surface area contributed by atoms with E-state index in [0.717, 1.165) is 30.6 Å². The highest BCUT2D eigenvalue weighted by Crippen LogP contribution is 2.38. The summed E-state index contributed by atoms with van der Waals surface area (Å²) in [6.07, 6.45) is 4.18. The number of ether oxygens (including phenoxy) is 3. The molecule has 2 aromatic carbocycles. The van der Waals surface area contributed by atoms with Crippen LogP contribution in [0.15, 0.2) is 42.0 Å². The van der Waals surface area contributed by atoms with Crippen LogP contribution >= 0.6 is 0 Å². The van der Waals surface area contributed by atoms with Gasteiger partial charge in [-0.3, -0.25) is 4.79 Å². The lowest BCUT2D eigenvalue weighted by Crippen LogP contribution is -2.04. The zero-order valence-electron chi connectivity index (χ0n) is 17.3. The molecule has 1 N–H and O–H groups in total. The van der Waals surface area contributed by atoms with Gasteiger partial charge in [-0.2, -0.15) is 0 Å². The van der Waals surface area contributed by atoms with Gasteiger partial charge in [0.1, 0.15) is 0 Å². The Bertz CT molecular complexity index is 800. The first-order valence-corrected chi connectivity index (χ1v) is 9.41. The Morgan fingerprint density at radius 3 is 2.11 bits per heavy atom. The van der Waals surface area contributed by atoms with Crippen molar-refractivity contribution in [2.24, 2.45) is 0 Å². The summed E-state index contributed by atoms with van der Waals surface area (Å²) in [5.74, 6) is 1.29. The quantitative estimate of drug-likeness (QED) is 0.347. The molecule has 28 heavy (non-hydrogen) atoms. The number of rotatable bonds is 10. The van der Waals surface area contributed by atoms with Gasteiger partial charge in [-0.25, -0.2) is 0 Å². The average Bonchev–Trinajstić information content (AvgIpc) is 2.73. The summed E-state index contributed by atoms with van der Waals surface area (Å²) in [7, 11) is 4.60. The third-order valence-corrected chi connectivity index (χ3v) is 4.44. The maximum Gasteiger partial charge on any atom is 0.203 e. The van der Waals surface area contributed by atoms with E-state index < -0.39 is 0 Å². The molecule has 0 aliphatic heterocycles. The fraction of sp³-hybridized carbons (Fsp3) is 0.348. The highest BCUT2D eigenvalue weighted by atomic mass is 16.5. The molecular formula is C23H29NO4. The second-order valence-corrected chi connectivity index (χ2v) is 6.47. The molecule has 0 bridgehead atoms. The molecule has 0 saturated carbocycles. The number of anilines is 1. The largest absolute Gasteiger partial charge is 0.493 e. The van der Waals surface area contributed by atoms with Crippen molar-refractivity contribution in [2.45, 2.75) is 26.7 Å². The van der Waals surface area contributed by atoms with Crippen LogP contribution in [0.4, 0.5) is 5.69 Å². The Morgan fingerprint density at radius 1 is 1.00 bits per heavy atom. The zero-order valence-corrected chi connectivity index (χ0v) is 17.3. The molecule has 0 radical (unpaired) electrons. The number of Topliss-reactive ketones (excluding diaryl/α,β-unsaturated/α-hetero) is 1. The first-order valence-electron chi connectivity index (χ1n) is 9.41. The monoisotopic (exact) mass is 383 g/mol. The summed E-state index contributed by atoms with van der Waals surface area (Å²) in [6, 6.07) is 11.4. The maximum absolute atomic E-state index is 12.9. The van der Waals surface area contributed by atoms with Crippen molar-refractivity contribution in [3.8, 4) is 17.2 Å². The third-order valence-electron chi connectivity index (χ3n) is 4.44. The summed E-state index contributed by atoms with van der Waals surface area (Å²) in [5, 5.41) is 3.38. The standard InChI is InChI=1S/C23H29NO4/c1-6-7-12-24-19-10-8-17(9-11-19)13-16(2)22(25)18-14-20(26-3)23(28-5)21(15-18)27-4/h8-11,13-15,24H,6-7,12H2,1-5H3/b16-13+. The zero-order chi connectivity index (χ0) is 20.5. The molecule has 0 unspecified atom stereocenters. The Hall–Kier alpha value is -2.95. The number of carbonyl (C=O) groups excluding carboxylic acids is 1. The number of allylic oxidation sites excluding steroid dienone is 1. The number of ketones is 1. The van der Waals surface area contributed by atoms with Crippen molar-refractivity contribution >= 4 is 17.5 Å². The number of hydrogen-bond acceptors (Lipinski definition) is 5. The third kappa shape index (κ3) is 5.28. The molecule has 0 aliphatic rings. The van der Waals surface area contributed by atoms with Crippen molar-refractivity contribution in [3.63, 3.8) is 0 Å². The van der Waals surface area contributed by atoms with Gasteiger partial charge in [0.15, 0.2) is 17.3 Å². The molecular weight excluding hydrogens is 354 g/mol. The Balaban J connectivity index is 2.21. The van der Waals surface area contributed by atoms with Crippen LogP contribution in [0.5, 0.6) is 17.2 Å². The number of nitrogens with one attached hydrogen (secondary N) is 1. The smallest absolute Gasteiger partial charge is 0.203 e. The van der Waals surface area contributed by atoms with Crippen molar-refractivity contribution in [3.05, 3.63) is 53.1 Å². The van der Waals surface area contributed by atoms with E-state index in [-0.39, 0.29) is 5.78 Å². The molecule has 0 amide bonds. The van der Waals surface area contributed by atoms with E-state index in [9.17, 15) is 4.79 Å². The Labute approximate surface area is 167 Å². The predicted octanol–water partition coefficient (Wildman–Crippen LogP) is 5.21. The van der Waals surface area contributed by atoms with E-state index in [1.165, 1.54) is 21.3 Å². The molecule has 5 nitrogen and oxygen atoms in total. The summed E-state index contributed by atoms with van der Waals surface area (Å²) < 4.78 is 16.0. The minimum absolute atomic E-state index is 0.0931. The van der Waals surface area contributed by atoms with Gasteiger partial charge in [0.05, 0.1) is 21.3 Å². The van der Waals surface area contributed by atoms with Gasteiger partial charge in [0, 0.05) is 17.8 Å². The molecule has 5 heteroatoms. The minimum atomic E-state index is -0.0931. The van der Waals surface area contributed by atoms with E-state index in [1.807, 2.05) is 30.3 Å². The van der Waals surface area contributed by atoms with Gasteiger partial charge in [-0.05, 0) is 54.8 Å². The topological polar surface area (TPSA) is 56.8 Å². The van der Waals surface area contributed by atoms with E-state index in [4.69, 9.17) is 14.2 Å². The van der Waals surface area contributed by atoms with E-state index in [0.29, 0.717) is 28.4 Å². The number of methoxy groups -OCH3 is 3. The van der Waals surface area contributed by atoms with Gasteiger partial charge in [0.2, 0.25) is 5.75 Å². The molecule has 0 aromatic heterocycles. The molecule has 0 aliphatic carbocycles. The molecule has 2 rings (SSSR count). The van der Waals surface area contributed by atoms with Crippen LogP contribution in [-0.2, 0) is 0 Å². The van der Waals surface area contributed by atoms with Gasteiger partial charge >= 0.3 is 0 Å². The molecule has 0 heterocycles. The molecule has 0 spiro atoms. The molecule has 0 atom stereocenters. The first-order chi connectivity index (χ1) is 13.5. The second-order valence-electron chi connectivity index (χ2n) is 6.47. The molecule has 0 saturated heterocycles. The van der Waals surface area contributed by atoms with Crippen molar-refractivity contribution in [1.29, 1.82) is 0 Å². The fourth-order valence-electron chi connectivity index (χ4n) is 2.86. The second kappa shape index (κ2) is 10.4. The summed E-state index contributed by atoms with van der Waals surface area (Å²) in [4.78, 5) is 12.9. The van der Waals surface area contributed by atoms with Crippen molar-refractivity contribution in [2.75, 3.05) is 33.2 Å². The van der Waals surface area contributed by atoms with E-state index >= 15 is 0 Å². The van der Waals surface area contributed by atoms with Crippen LogP contribution in [0.2, 0.25) is 0 Å². The van der Waals surface area contributed by atoms with Crippen LogP contribution in [-0.4, -0.2) is 33.7 Å². The molecule has 150 valence electrons. The first kappa shape index (κ1) is 21.4. The highest BCUT2D eigenvalue weighted by molar-refractivity contribution is 6.11. The lowest BCUT2D eigenvalue weighted by Gasteiger charge is -2.14. The number of unbranched alkanes of at least 4 members (excludes halogenated alkanes) is 1. The highest BCUT2D eigenvalue weighted by Gasteiger charge is 2.17. The fourth-order valence-corrected chi connectivity index (χ4v) is 2.86. The van der Waals surface area contributed by atoms with Gasteiger partial charge in [-0.1, -0.05) is 25.5 Å². The van der Waals surface area contributed by atoms with Crippen molar-refractivity contribution < 1.29 is 19.0 Å². The van der Waals surface area contributed by atoms with E-state index in [1.54, 1.807) is 19.1 Å². The van der Waals surface area contributed by atoms with Crippen LogP contribution in [0.25, 0.3) is 6.08 Å². The Morgan fingerprint density at radius 2 is 1.61 bits per heavy atom. The average molecular weight is 383 g/mol. The van der Waals surface area contributed by atoms with Gasteiger partial charge in [0.25, 0.3) is 0 Å². The number of benzene rings is 2. The van der Waals surface area contributed by atoms with Crippen molar-refractivity contribution in [1.82, 2.24) is 0 Å². The van der Waals surface area contributed by atoms with Crippen LogP contribution in [0.1, 0.15) is 42.6 Å². The predicted molar refractivity (Wildman–Crippen MR) is 114 cm³/mol. The van der Waals surface area contributed by atoms with Gasteiger partial charge in [-0.15, -0.1) is 0 Å². The number of hydrogen-bond donors (Lipinski definition) is 1. The van der Waals surface area contributed by atoms with Crippen LogP contribution in [0.3, 0.4) is 0 Å². The van der Waals surface area contributed by atoms with Crippen LogP contribution in [0, 0.1) is 0 Å².